The lowest BCUT2D eigenvalue weighted by Gasteiger charge is -2.04. The Hall–Kier alpha value is -1.64. The minimum absolute atomic E-state index is 0.0718. The highest BCUT2D eigenvalue weighted by Gasteiger charge is 2.06. The van der Waals surface area contributed by atoms with Crippen LogP contribution in [0.1, 0.15) is 22.5 Å². The van der Waals surface area contributed by atoms with E-state index in [0.29, 0.717) is 12.1 Å². The Morgan fingerprint density at radius 2 is 2.50 bits per heavy atom. The van der Waals surface area contributed by atoms with Gasteiger partial charge in [-0.2, -0.15) is 0 Å². The Kier molecular flexibility index (Phi) is 3.85. The molecule has 3 nitrogen and oxygen atoms in total. The van der Waals surface area contributed by atoms with Gasteiger partial charge in [0, 0.05) is 18.4 Å². The number of aromatic nitrogens is 1. The number of hydrogen-bond acceptors (Lipinski definition) is 2. The zero-order valence-electron chi connectivity index (χ0n) is 8.29. The van der Waals surface area contributed by atoms with Crippen molar-refractivity contribution in [1.82, 2.24) is 10.3 Å². The first-order valence-corrected chi connectivity index (χ1v) is 4.56. The van der Waals surface area contributed by atoms with Crippen molar-refractivity contribution in [3.63, 3.8) is 0 Å². The van der Waals surface area contributed by atoms with Gasteiger partial charge in [0.05, 0.1) is 5.56 Å². The molecule has 0 fully saturated rings. The van der Waals surface area contributed by atoms with Crippen LogP contribution in [0.2, 0.25) is 0 Å². The summed E-state index contributed by atoms with van der Waals surface area (Å²) in [7, 11) is 0. The standard InChI is InChI=1S/C11H14N2O/c1-3-4-7-13-11(14)10-6-5-8-12-9(10)2/h3,5-6,8H,1,4,7H2,2H3,(H,13,14). The molecule has 0 aliphatic heterocycles. The molecular formula is C11H14N2O. The van der Waals surface area contributed by atoms with E-state index in [1.54, 1.807) is 24.4 Å². The molecule has 0 aliphatic rings. The Bertz CT molecular complexity index is 334. The van der Waals surface area contributed by atoms with Crippen molar-refractivity contribution >= 4 is 5.91 Å². The molecule has 0 aliphatic carbocycles. The topological polar surface area (TPSA) is 42.0 Å². The molecule has 1 N–H and O–H groups in total. The van der Waals surface area contributed by atoms with E-state index in [-0.39, 0.29) is 5.91 Å². The van der Waals surface area contributed by atoms with Crippen LogP contribution in [0.3, 0.4) is 0 Å². The minimum Gasteiger partial charge on any atom is -0.352 e. The summed E-state index contributed by atoms with van der Waals surface area (Å²) in [6, 6.07) is 3.53. The van der Waals surface area contributed by atoms with Crippen molar-refractivity contribution in [3.05, 3.63) is 42.2 Å². The first kappa shape index (κ1) is 10.4. The molecule has 1 aromatic rings. The average Bonchev–Trinajstić information content (AvgIpc) is 2.18. The number of nitrogens with one attached hydrogen (secondary N) is 1. The van der Waals surface area contributed by atoms with Crippen LogP contribution in [-0.2, 0) is 0 Å². The number of nitrogens with zero attached hydrogens (tertiary/aromatic N) is 1. The highest BCUT2D eigenvalue weighted by molar-refractivity contribution is 5.95. The highest BCUT2D eigenvalue weighted by atomic mass is 16.1. The first-order chi connectivity index (χ1) is 6.75. The molecule has 74 valence electrons. The van der Waals surface area contributed by atoms with Crippen LogP contribution in [0.4, 0.5) is 0 Å². The molecule has 0 unspecified atom stereocenters. The molecule has 0 aromatic carbocycles. The van der Waals surface area contributed by atoms with Gasteiger partial charge >= 0.3 is 0 Å². The molecule has 1 heterocycles. The minimum atomic E-state index is -0.0718. The van der Waals surface area contributed by atoms with Gasteiger partial charge in [-0.1, -0.05) is 6.08 Å². The van der Waals surface area contributed by atoms with Crippen molar-refractivity contribution < 1.29 is 4.79 Å². The summed E-state index contributed by atoms with van der Waals surface area (Å²) in [4.78, 5) is 15.6. The predicted molar refractivity (Wildman–Crippen MR) is 56.1 cm³/mol. The first-order valence-electron chi connectivity index (χ1n) is 4.56. The summed E-state index contributed by atoms with van der Waals surface area (Å²) in [5.74, 6) is -0.0718. The lowest BCUT2D eigenvalue weighted by Crippen LogP contribution is -2.25. The third-order valence-electron chi connectivity index (χ3n) is 1.89. The SMILES string of the molecule is C=CCCNC(=O)c1cccnc1C. The molecule has 0 radical (unpaired) electrons. The summed E-state index contributed by atoms with van der Waals surface area (Å²) in [6.07, 6.45) is 4.23. The van der Waals surface area contributed by atoms with Crippen LogP contribution in [0.25, 0.3) is 0 Å². The van der Waals surface area contributed by atoms with Crippen molar-refractivity contribution in [2.24, 2.45) is 0 Å². The number of amides is 1. The second-order valence-corrected chi connectivity index (χ2v) is 2.97. The number of aryl methyl sites for hydroxylation is 1. The van der Waals surface area contributed by atoms with Gasteiger partial charge in [-0.25, -0.2) is 0 Å². The fourth-order valence-corrected chi connectivity index (χ4v) is 1.11. The predicted octanol–water partition coefficient (Wildman–Crippen LogP) is 1.70. The van der Waals surface area contributed by atoms with E-state index in [2.05, 4.69) is 16.9 Å². The number of pyridine rings is 1. The van der Waals surface area contributed by atoms with Crippen LogP contribution in [0.15, 0.2) is 31.0 Å². The van der Waals surface area contributed by atoms with E-state index in [1.165, 1.54) is 0 Å². The maximum absolute atomic E-state index is 11.6. The molecule has 1 aromatic heterocycles. The molecule has 0 spiro atoms. The normalized spacial score (nSPS) is 9.50. The second kappa shape index (κ2) is 5.17. The fraction of sp³-hybridized carbons (Fsp3) is 0.273. The monoisotopic (exact) mass is 190 g/mol. The molecule has 0 saturated heterocycles. The molecular weight excluding hydrogens is 176 g/mol. The van der Waals surface area contributed by atoms with E-state index in [1.807, 2.05) is 6.92 Å². The molecule has 3 heteroatoms. The molecule has 1 rings (SSSR count). The van der Waals surface area contributed by atoms with Gasteiger partial charge in [-0.15, -0.1) is 6.58 Å². The zero-order chi connectivity index (χ0) is 10.4. The van der Waals surface area contributed by atoms with E-state index in [4.69, 9.17) is 0 Å². The maximum Gasteiger partial charge on any atom is 0.253 e. The number of hydrogen-bond donors (Lipinski definition) is 1. The Morgan fingerprint density at radius 3 is 3.14 bits per heavy atom. The Balaban J connectivity index is 2.60. The second-order valence-electron chi connectivity index (χ2n) is 2.97. The third-order valence-corrected chi connectivity index (χ3v) is 1.89. The van der Waals surface area contributed by atoms with E-state index < -0.39 is 0 Å². The molecule has 1 amide bonds. The summed E-state index contributed by atoms with van der Waals surface area (Å²) in [6.45, 7) is 6.03. The van der Waals surface area contributed by atoms with Crippen molar-refractivity contribution in [2.45, 2.75) is 13.3 Å². The lowest BCUT2D eigenvalue weighted by molar-refractivity contribution is 0.0953. The summed E-state index contributed by atoms with van der Waals surface area (Å²) < 4.78 is 0. The summed E-state index contributed by atoms with van der Waals surface area (Å²) in [5.41, 5.74) is 1.39. The highest BCUT2D eigenvalue weighted by Crippen LogP contribution is 2.02. The number of carbonyl (C=O) groups is 1. The van der Waals surface area contributed by atoms with Crippen molar-refractivity contribution in [2.75, 3.05) is 6.54 Å². The maximum atomic E-state index is 11.6. The van der Waals surface area contributed by atoms with Crippen molar-refractivity contribution in [1.29, 1.82) is 0 Å². The Morgan fingerprint density at radius 1 is 1.71 bits per heavy atom. The zero-order valence-corrected chi connectivity index (χ0v) is 8.29. The van der Waals surface area contributed by atoms with Crippen LogP contribution in [0.5, 0.6) is 0 Å². The molecule has 0 atom stereocenters. The van der Waals surface area contributed by atoms with Gasteiger partial charge in [-0.3, -0.25) is 9.78 Å². The summed E-state index contributed by atoms with van der Waals surface area (Å²) in [5, 5.41) is 2.79. The molecule has 0 bridgehead atoms. The average molecular weight is 190 g/mol. The van der Waals surface area contributed by atoms with Crippen LogP contribution >= 0.6 is 0 Å². The largest absolute Gasteiger partial charge is 0.352 e. The third kappa shape index (κ3) is 2.69. The van der Waals surface area contributed by atoms with Gasteiger partial charge in [0.25, 0.3) is 5.91 Å². The van der Waals surface area contributed by atoms with Crippen molar-refractivity contribution in [3.8, 4) is 0 Å². The number of carbonyl (C=O) groups excluding carboxylic acids is 1. The van der Waals surface area contributed by atoms with Crippen LogP contribution in [-0.4, -0.2) is 17.4 Å². The van der Waals surface area contributed by atoms with E-state index in [9.17, 15) is 4.79 Å². The smallest absolute Gasteiger partial charge is 0.253 e. The van der Waals surface area contributed by atoms with E-state index in [0.717, 1.165) is 12.1 Å². The number of rotatable bonds is 4. The summed E-state index contributed by atoms with van der Waals surface area (Å²) >= 11 is 0. The lowest BCUT2D eigenvalue weighted by atomic mass is 10.2. The van der Waals surface area contributed by atoms with Crippen LogP contribution in [0, 0.1) is 6.92 Å². The van der Waals surface area contributed by atoms with Gasteiger partial charge in [0.2, 0.25) is 0 Å². The molecule has 0 saturated carbocycles. The van der Waals surface area contributed by atoms with Gasteiger partial charge in [0.15, 0.2) is 0 Å². The quantitative estimate of drug-likeness (QED) is 0.580. The Labute approximate surface area is 83.9 Å². The van der Waals surface area contributed by atoms with Crippen LogP contribution < -0.4 is 5.32 Å². The fourth-order valence-electron chi connectivity index (χ4n) is 1.11. The van der Waals surface area contributed by atoms with Gasteiger partial charge in [0.1, 0.15) is 0 Å². The molecule has 14 heavy (non-hydrogen) atoms. The van der Waals surface area contributed by atoms with E-state index >= 15 is 0 Å². The van der Waals surface area contributed by atoms with Gasteiger partial charge < -0.3 is 5.32 Å². The van der Waals surface area contributed by atoms with Gasteiger partial charge in [-0.05, 0) is 25.5 Å².